The van der Waals surface area contributed by atoms with Gasteiger partial charge in [-0.25, -0.2) is 9.78 Å². The summed E-state index contributed by atoms with van der Waals surface area (Å²) in [6.07, 6.45) is 0.884. The van der Waals surface area contributed by atoms with Crippen molar-refractivity contribution in [1.29, 1.82) is 0 Å². The molecule has 8 nitrogen and oxygen atoms in total. The van der Waals surface area contributed by atoms with Gasteiger partial charge in [-0.05, 0) is 45.4 Å². The number of furan rings is 1. The Hall–Kier alpha value is -3.70. The highest BCUT2D eigenvalue weighted by Gasteiger charge is 2.31. The Morgan fingerprint density at radius 2 is 1.70 bits per heavy atom. The van der Waals surface area contributed by atoms with Crippen LogP contribution in [-0.4, -0.2) is 25.4 Å². The molecule has 2 atom stereocenters. The van der Waals surface area contributed by atoms with Crippen LogP contribution >= 0.6 is 11.3 Å². The third-order valence-electron chi connectivity index (χ3n) is 6.03. The van der Waals surface area contributed by atoms with Gasteiger partial charge in [-0.2, -0.15) is 4.98 Å². The van der Waals surface area contributed by atoms with Crippen LogP contribution in [0.1, 0.15) is 44.4 Å². The molecule has 5 rings (SSSR count). The first-order valence-electron chi connectivity index (χ1n) is 12.8. The summed E-state index contributed by atoms with van der Waals surface area (Å²) in [6, 6.07) is 22.7. The van der Waals surface area contributed by atoms with Gasteiger partial charge < -0.3 is 19.0 Å². The molecular formula is C30H30N4O4S2. The second-order valence-corrected chi connectivity index (χ2v) is 13.2. The minimum atomic E-state index is -1.30. The highest BCUT2D eigenvalue weighted by Crippen LogP contribution is 2.45. The number of rotatable bonds is 8. The predicted molar refractivity (Wildman–Crippen MR) is 159 cm³/mol. The Labute approximate surface area is 240 Å². The van der Waals surface area contributed by atoms with Crippen molar-refractivity contribution >= 4 is 39.0 Å². The van der Waals surface area contributed by atoms with E-state index in [0.29, 0.717) is 21.8 Å². The molecule has 0 spiro atoms. The number of aromatic nitrogens is 2. The van der Waals surface area contributed by atoms with Crippen molar-refractivity contribution in [3.05, 3.63) is 89.7 Å². The molecule has 0 aliphatic heterocycles. The Kier molecular flexibility index (Phi) is 8.22. The summed E-state index contributed by atoms with van der Waals surface area (Å²) < 4.78 is 27.6. The molecule has 1 unspecified atom stereocenters. The summed E-state index contributed by atoms with van der Waals surface area (Å²) in [5.41, 5.74) is 3.28. The number of carbonyl (C=O) groups is 1. The van der Waals surface area contributed by atoms with Gasteiger partial charge in [-0.1, -0.05) is 60.7 Å². The summed E-state index contributed by atoms with van der Waals surface area (Å²) in [6.45, 7) is 7.93. The lowest BCUT2D eigenvalue weighted by Gasteiger charge is -2.26. The fourth-order valence-electron chi connectivity index (χ4n) is 4.03. The number of hydrogen-bond donors (Lipinski definition) is 2. The number of nitrogens with zero attached hydrogens (tertiary/aromatic N) is 2. The van der Waals surface area contributed by atoms with E-state index in [-0.39, 0.29) is 18.5 Å². The van der Waals surface area contributed by atoms with Crippen LogP contribution in [0.3, 0.4) is 0 Å². The van der Waals surface area contributed by atoms with E-state index in [2.05, 4.69) is 15.0 Å². The largest absolute Gasteiger partial charge is 0.598 e. The molecule has 5 aromatic rings. The molecule has 1 amide bonds. The minimum absolute atomic E-state index is 0.151. The van der Waals surface area contributed by atoms with Crippen molar-refractivity contribution in [1.82, 2.24) is 20.0 Å². The third-order valence-corrected chi connectivity index (χ3v) is 9.06. The number of benzene rings is 2. The maximum atomic E-state index is 13.0. The fraction of sp³-hybridized carbons (Fsp3) is 0.233. The SMILES string of the molecule is CC(N[S@+]([O-])C(C)(C)C)c1sc2c(OC(=O)NCc3ccco3)nc(-c3ccccc3)nc2c1-c1ccccc1. The lowest BCUT2D eigenvalue weighted by molar-refractivity contribution is 0.198. The fourth-order valence-corrected chi connectivity index (χ4v) is 6.09. The highest BCUT2D eigenvalue weighted by atomic mass is 32.2. The summed E-state index contributed by atoms with van der Waals surface area (Å²) in [7, 11) is 0. The van der Waals surface area contributed by atoms with E-state index in [9.17, 15) is 9.35 Å². The average molecular weight is 575 g/mol. The van der Waals surface area contributed by atoms with Crippen molar-refractivity contribution < 1.29 is 18.5 Å². The second-order valence-electron chi connectivity index (χ2n) is 10.1. The zero-order chi connectivity index (χ0) is 28.3. The topological polar surface area (TPSA) is 112 Å². The van der Waals surface area contributed by atoms with Crippen molar-refractivity contribution in [2.75, 3.05) is 0 Å². The van der Waals surface area contributed by atoms with Crippen LogP contribution in [-0.2, 0) is 17.9 Å². The smallest absolute Gasteiger partial charge is 0.414 e. The lowest BCUT2D eigenvalue weighted by Crippen LogP contribution is -2.40. The molecular weight excluding hydrogens is 544 g/mol. The Morgan fingerprint density at radius 1 is 1.02 bits per heavy atom. The van der Waals surface area contributed by atoms with Gasteiger partial charge in [0.15, 0.2) is 5.82 Å². The average Bonchev–Trinajstić information content (AvgIpc) is 3.60. The van der Waals surface area contributed by atoms with Crippen LogP contribution in [0.5, 0.6) is 5.88 Å². The van der Waals surface area contributed by atoms with Gasteiger partial charge >= 0.3 is 6.09 Å². The first-order valence-corrected chi connectivity index (χ1v) is 14.8. The zero-order valence-electron chi connectivity index (χ0n) is 22.6. The number of fused-ring (bicyclic) bond motifs is 1. The summed E-state index contributed by atoms with van der Waals surface area (Å²) in [5.74, 6) is 1.19. The van der Waals surface area contributed by atoms with E-state index in [1.807, 2.05) is 88.4 Å². The lowest BCUT2D eigenvalue weighted by atomic mass is 10.0. The van der Waals surface area contributed by atoms with Crippen molar-refractivity contribution in [2.24, 2.45) is 0 Å². The standard InChI is InChI=1S/C30H30N4O4S2/c1-19(34-40(36)30(2,3)4)25-23(20-12-7-5-8-13-20)24-26(39-25)28(33-27(32-24)21-14-9-6-10-15-21)38-29(35)31-18-22-16-11-17-37-22/h5-17,19,34H,18H2,1-4H3,(H,31,35)/t19?,40-/m1/s1. The predicted octanol–water partition coefficient (Wildman–Crippen LogP) is 7.02. The molecule has 40 heavy (non-hydrogen) atoms. The van der Waals surface area contributed by atoms with E-state index in [1.54, 1.807) is 18.4 Å². The monoisotopic (exact) mass is 574 g/mol. The number of carbonyl (C=O) groups excluding carboxylic acids is 1. The van der Waals surface area contributed by atoms with E-state index in [1.165, 1.54) is 11.3 Å². The molecule has 3 heterocycles. The van der Waals surface area contributed by atoms with Crippen molar-refractivity contribution in [2.45, 2.75) is 45.0 Å². The maximum absolute atomic E-state index is 13.0. The van der Waals surface area contributed by atoms with Crippen molar-refractivity contribution in [3.8, 4) is 28.4 Å². The Bertz CT molecular complexity index is 1580. The molecule has 0 fully saturated rings. The number of thiophene rings is 1. The van der Waals surface area contributed by atoms with Crippen LogP contribution in [0, 0.1) is 0 Å². The number of ether oxygens (including phenoxy) is 1. The van der Waals surface area contributed by atoms with Gasteiger partial charge in [0.1, 0.15) is 15.2 Å². The maximum Gasteiger partial charge on any atom is 0.414 e. The minimum Gasteiger partial charge on any atom is -0.598 e. The summed E-state index contributed by atoms with van der Waals surface area (Å²) >= 11 is 0.118. The molecule has 0 aliphatic rings. The molecule has 206 valence electrons. The molecule has 0 saturated heterocycles. The van der Waals surface area contributed by atoms with Gasteiger partial charge in [0.05, 0.1) is 24.4 Å². The third kappa shape index (κ3) is 6.20. The summed E-state index contributed by atoms with van der Waals surface area (Å²) in [4.78, 5) is 23.4. The molecule has 2 N–H and O–H groups in total. The highest BCUT2D eigenvalue weighted by molar-refractivity contribution is 7.90. The van der Waals surface area contributed by atoms with Crippen LogP contribution in [0.2, 0.25) is 0 Å². The van der Waals surface area contributed by atoms with Crippen LogP contribution in [0.15, 0.2) is 83.5 Å². The van der Waals surface area contributed by atoms with Gasteiger partial charge in [-0.15, -0.1) is 16.1 Å². The van der Waals surface area contributed by atoms with E-state index >= 15 is 0 Å². The molecule has 0 radical (unpaired) electrons. The van der Waals surface area contributed by atoms with Gasteiger partial charge in [0, 0.05) is 27.4 Å². The molecule has 2 aromatic carbocycles. The molecule has 0 bridgehead atoms. The first kappa shape index (κ1) is 27.9. The molecule has 10 heteroatoms. The van der Waals surface area contributed by atoms with Crippen LogP contribution in [0.25, 0.3) is 32.7 Å². The van der Waals surface area contributed by atoms with Crippen molar-refractivity contribution in [3.63, 3.8) is 0 Å². The number of hydrogen-bond acceptors (Lipinski definition) is 8. The number of nitrogens with one attached hydrogen (secondary N) is 2. The van der Waals surface area contributed by atoms with E-state index < -0.39 is 22.2 Å². The molecule has 3 aromatic heterocycles. The van der Waals surface area contributed by atoms with Gasteiger partial charge in [0.25, 0.3) is 0 Å². The zero-order valence-corrected chi connectivity index (χ0v) is 24.3. The molecule has 0 aliphatic carbocycles. The molecule has 0 saturated carbocycles. The van der Waals surface area contributed by atoms with Crippen LogP contribution < -0.4 is 14.8 Å². The van der Waals surface area contributed by atoms with Gasteiger partial charge in [0.2, 0.25) is 5.88 Å². The Morgan fingerprint density at radius 3 is 2.33 bits per heavy atom. The van der Waals surface area contributed by atoms with E-state index in [4.69, 9.17) is 14.1 Å². The second kappa shape index (κ2) is 11.8. The first-order chi connectivity index (χ1) is 19.2. The normalized spacial score (nSPS) is 13.2. The summed E-state index contributed by atoms with van der Waals surface area (Å²) in [5, 5.41) is 2.71. The van der Waals surface area contributed by atoms with Gasteiger partial charge in [-0.3, -0.25) is 0 Å². The number of amides is 1. The van der Waals surface area contributed by atoms with E-state index in [0.717, 1.165) is 21.6 Å². The van der Waals surface area contributed by atoms with Crippen LogP contribution in [0.4, 0.5) is 4.79 Å². The quantitative estimate of drug-likeness (QED) is 0.192. The Balaban J connectivity index is 1.64.